The summed E-state index contributed by atoms with van der Waals surface area (Å²) in [5.41, 5.74) is 4.37. The monoisotopic (exact) mass is 628 g/mol. The van der Waals surface area contributed by atoms with E-state index in [1.54, 1.807) is 29.2 Å². The first-order chi connectivity index (χ1) is 20.3. The van der Waals surface area contributed by atoms with Gasteiger partial charge in [-0.05, 0) is 92.4 Å². The van der Waals surface area contributed by atoms with E-state index in [9.17, 15) is 26.0 Å². The summed E-state index contributed by atoms with van der Waals surface area (Å²) in [5.74, 6) is -0.664. The Bertz CT molecular complexity index is 1720. The predicted octanol–water partition coefficient (Wildman–Crippen LogP) is 3.72. The molecule has 3 aromatic rings. The maximum Gasteiger partial charge on any atom is 0.253 e. The lowest BCUT2D eigenvalue weighted by Gasteiger charge is -2.35. The number of rotatable bonds is 6. The third kappa shape index (κ3) is 6.06. The van der Waals surface area contributed by atoms with E-state index in [-0.39, 0.29) is 61.5 Å². The van der Waals surface area contributed by atoms with E-state index < -0.39 is 20.0 Å². The second-order valence-corrected chi connectivity index (χ2v) is 15.0. The van der Waals surface area contributed by atoms with Crippen molar-refractivity contribution in [2.75, 3.05) is 57.3 Å². The molecule has 2 saturated heterocycles. The van der Waals surface area contributed by atoms with Crippen molar-refractivity contribution in [1.82, 2.24) is 13.5 Å². The standard InChI is InChI=1S/C31H37FN4O5S2/c1-22-20-23(2)25(4)30(24(22)3)43(40,41)36-18-14-34(15-19-36)31(37)26-6-5-7-29(21-26)42(38,39)35-16-12-33(13-17-35)28-10-8-27(32)9-11-28/h5-11,20-21H,12-19H2,1-4H3. The van der Waals surface area contributed by atoms with Crippen LogP contribution in [0.1, 0.15) is 32.6 Å². The number of hydrogen-bond donors (Lipinski definition) is 0. The number of hydrogen-bond acceptors (Lipinski definition) is 6. The molecule has 2 aliphatic rings. The smallest absolute Gasteiger partial charge is 0.253 e. The largest absolute Gasteiger partial charge is 0.369 e. The minimum Gasteiger partial charge on any atom is -0.369 e. The lowest BCUT2D eigenvalue weighted by molar-refractivity contribution is 0.0697. The molecule has 0 N–H and O–H groups in total. The molecule has 230 valence electrons. The van der Waals surface area contributed by atoms with E-state index in [1.165, 1.54) is 32.9 Å². The third-order valence-electron chi connectivity index (χ3n) is 8.57. The predicted molar refractivity (Wildman–Crippen MR) is 164 cm³/mol. The minimum absolute atomic E-state index is 0.0376. The van der Waals surface area contributed by atoms with Crippen molar-refractivity contribution in [3.8, 4) is 0 Å². The lowest BCUT2D eigenvalue weighted by Crippen LogP contribution is -2.50. The maximum absolute atomic E-state index is 13.6. The quantitative estimate of drug-likeness (QED) is 0.413. The minimum atomic E-state index is -3.85. The van der Waals surface area contributed by atoms with Crippen molar-refractivity contribution in [3.63, 3.8) is 0 Å². The van der Waals surface area contributed by atoms with Crippen LogP contribution in [0.2, 0.25) is 0 Å². The van der Waals surface area contributed by atoms with Gasteiger partial charge >= 0.3 is 0 Å². The van der Waals surface area contributed by atoms with E-state index >= 15 is 0 Å². The van der Waals surface area contributed by atoms with Crippen molar-refractivity contribution in [1.29, 1.82) is 0 Å². The van der Waals surface area contributed by atoms with Gasteiger partial charge in [0.05, 0.1) is 9.79 Å². The number of carbonyl (C=O) groups excluding carboxylic acids is 1. The molecule has 2 heterocycles. The van der Waals surface area contributed by atoms with E-state index in [1.807, 2.05) is 38.7 Å². The fourth-order valence-electron chi connectivity index (χ4n) is 5.79. The molecule has 2 aliphatic heterocycles. The zero-order chi connectivity index (χ0) is 31.1. The summed E-state index contributed by atoms with van der Waals surface area (Å²) in [7, 11) is -7.60. The van der Waals surface area contributed by atoms with Gasteiger partial charge in [-0.15, -0.1) is 0 Å². The van der Waals surface area contributed by atoms with Crippen LogP contribution < -0.4 is 4.90 Å². The molecule has 9 nitrogen and oxygen atoms in total. The van der Waals surface area contributed by atoms with E-state index in [0.717, 1.165) is 27.9 Å². The van der Waals surface area contributed by atoms with E-state index in [4.69, 9.17) is 0 Å². The van der Waals surface area contributed by atoms with Crippen LogP contribution >= 0.6 is 0 Å². The van der Waals surface area contributed by atoms with Crippen LogP contribution in [0.5, 0.6) is 0 Å². The first kappa shape index (κ1) is 31.1. The summed E-state index contributed by atoms with van der Waals surface area (Å²) < 4.78 is 70.3. The van der Waals surface area contributed by atoms with Crippen LogP contribution in [0.4, 0.5) is 10.1 Å². The number of carbonyl (C=O) groups is 1. The lowest BCUT2D eigenvalue weighted by atomic mass is 10.0. The van der Waals surface area contributed by atoms with Crippen molar-refractivity contribution in [2.24, 2.45) is 0 Å². The second-order valence-electron chi connectivity index (χ2n) is 11.2. The van der Waals surface area contributed by atoms with Gasteiger partial charge in [0.1, 0.15) is 5.82 Å². The van der Waals surface area contributed by atoms with Gasteiger partial charge < -0.3 is 9.80 Å². The van der Waals surface area contributed by atoms with Gasteiger partial charge in [-0.3, -0.25) is 4.79 Å². The molecule has 43 heavy (non-hydrogen) atoms. The van der Waals surface area contributed by atoms with E-state index in [2.05, 4.69) is 0 Å². The highest BCUT2D eigenvalue weighted by atomic mass is 32.2. The molecule has 0 aromatic heterocycles. The summed E-state index contributed by atoms with van der Waals surface area (Å²) in [6, 6.07) is 14.1. The number of sulfonamides is 2. The van der Waals surface area contributed by atoms with Crippen LogP contribution in [0.3, 0.4) is 0 Å². The van der Waals surface area contributed by atoms with Gasteiger partial charge in [0.15, 0.2) is 0 Å². The van der Waals surface area contributed by atoms with Gasteiger partial charge in [0.2, 0.25) is 20.0 Å². The highest BCUT2D eigenvalue weighted by Crippen LogP contribution is 2.30. The normalized spacial score (nSPS) is 17.3. The SMILES string of the molecule is Cc1cc(C)c(C)c(S(=O)(=O)N2CCN(C(=O)c3cccc(S(=O)(=O)N4CCN(c5ccc(F)cc5)CC4)c3)CC2)c1C. The zero-order valence-corrected chi connectivity index (χ0v) is 26.5. The molecule has 1 amide bonds. The van der Waals surface area contributed by atoms with Gasteiger partial charge in [0.25, 0.3) is 5.91 Å². The molecular weight excluding hydrogens is 591 g/mol. The number of anilines is 1. The summed E-state index contributed by atoms with van der Waals surface area (Å²) >= 11 is 0. The Balaban J connectivity index is 1.25. The Kier molecular flexibility index (Phi) is 8.68. The Hall–Kier alpha value is -3.32. The van der Waals surface area contributed by atoms with Crippen LogP contribution in [0, 0.1) is 33.5 Å². The van der Waals surface area contributed by atoms with Gasteiger partial charge in [-0.25, -0.2) is 21.2 Å². The molecule has 12 heteroatoms. The first-order valence-electron chi connectivity index (χ1n) is 14.3. The number of nitrogens with zero attached hydrogens (tertiary/aromatic N) is 4. The van der Waals surface area contributed by atoms with Crippen LogP contribution in [-0.4, -0.2) is 88.6 Å². The van der Waals surface area contributed by atoms with Crippen LogP contribution in [-0.2, 0) is 20.0 Å². The Morgan fingerprint density at radius 3 is 1.79 bits per heavy atom. The van der Waals surface area contributed by atoms with Crippen molar-refractivity contribution >= 4 is 31.6 Å². The Morgan fingerprint density at radius 2 is 1.21 bits per heavy atom. The van der Waals surface area contributed by atoms with Gasteiger partial charge in [0, 0.05) is 63.6 Å². The fourth-order valence-corrected chi connectivity index (χ4v) is 9.25. The average molecular weight is 629 g/mol. The number of benzene rings is 3. The highest BCUT2D eigenvalue weighted by molar-refractivity contribution is 7.89. The second kappa shape index (κ2) is 12.0. The number of aryl methyl sites for hydroxylation is 2. The topological polar surface area (TPSA) is 98.3 Å². The average Bonchev–Trinajstić information content (AvgIpc) is 3.00. The van der Waals surface area contributed by atoms with Crippen LogP contribution in [0.25, 0.3) is 0 Å². The van der Waals surface area contributed by atoms with E-state index in [0.29, 0.717) is 18.0 Å². The number of halogens is 1. The summed E-state index contributed by atoms with van der Waals surface area (Å²) in [4.78, 5) is 17.4. The molecule has 0 bridgehead atoms. The molecule has 3 aromatic carbocycles. The first-order valence-corrected chi connectivity index (χ1v) is 17.2. The van der Waals surface area contributed by atoms with Crippen molar-refractivity contribution in [2.45, 2.75) is 37.5 Å². The van der Waals surface area contributed by atoms with Crippen molar-refractivity contribution < 1.29 is 26.0 Å². The number of amides is 1. The molecule has 0 spiro atoms. The number of piperazine rings is 2. The maximum atomic E-state index is 13.6. The third-order valence-corrected chi connectivity index (χ3v) is 12.6. The Labute approximate surface area is 253 Å². The molecule has 0 aliphatic carbocycles. The molecule has 0 saturated carbocycles. The molecule has 5 rings (SSSR count). The molecule has 0 radical (unpaired) electrons. The summed E-state index contributed by atoms with van der Waals surface area (Å²) in [6.07, 6.45) is 0. The summed E-state index contributed by atoms with van der Waals surface area (Å²) in [5, 5.41) is 0. The fraction of sp³-hybridized carbons (Fsp3) is 0.387. The van der Waals surface area contributed by atoms with Crippen LogP contribution in [0.15, 0.2) is 64.4 Å². The molecule has 0 unspecified atom stereocenters. The Morgan fingerprint density at radius 1 is 0.674 bits per heavy atom. The molecule has 2 fully saturated rings. The van der Waals surface area contributed by atoms with Gasteiger partial charge in [-0.1, -0.05) is 12.1 Å². The molecule has 0 atom stereocenters. The van der Waals surface area contributed by atoms with Crippen molar-refractivity contribution in [3.05, 3.63) is 88.2 Å². The molecular formula is C31H37FN4O5S2. The summed E-state index contributed by atoms with van der Waals surface area (Å²) in [6.45, 7) is 9.57. The highest BCUT2D eigenvalue weighted by Gasteiger charge is 2.34. The van der Waals surface area contributed by atoms with Gasteiger partial charge in [-0.2, -0.15) is 8.61 Å². The zero-order valence-electron chi connectivity index (χ0n) is 24.9.